The van der Waals surface area contributed by atoms with E-state index < -0.39 is 0 Å². The monoisotopic (exact) mass is 923 g/mol. The molecule has 8 aromatic carbocycles. The summed E-state index contributed by atoms with van der Waals surface area (Å²) in [6.45, 7) is 27.6. The summed E-state index contributed by atoms with van der Waals surface area (Å²) in [5.41, 5.74) is 22.7. The van der Waals surface area contributed by atoms with Crippen molar-refractivity contribution in [2.45, 2.75) is 105 Å². The first-order valence-corrected chi connectivity index (χ1v) is 25.6. The molecule has 5 heteroatoms. The Kier molecular flexibility index (Phi) is 9.04. The molecule has 13 rings (SSSR count). The molecule has 0 aliphatic carbocycles. The second-order valence-electron chi connectivity index (χ2n) is 24.7. The van der Waals surface area contributed by atoms with Crippen LogP contribution in [0.2, 0.25) is 0 Å². The van der Waals surface area contributed by atoms with Crippen molar-refractivity contribution >= 4 is 89.6 Å². The highest BCUT2D eigenvalue weighted by atomic mass is 16.3. The van der Waals surface area contributed by atoms with Gasteiger partial charge in [0.1, 0.15) is 11.2 Å². The highest BCUT2D eigenvalue weighted by Gasteiger charge is 2.47. The van der Waals surface area contributed by atoms with E-state index in [0.29, 0.717) is 0 Å². The molecule has 0 saturated carbocycles. The third-order valence-electron chi connectivity index (χ3n) is 15.9. The number of para-hydroxylation sites is 2. The molecular weight excluding hydrogens is 862 g/mol. The number of benzene rings is 8. The van der Waals surface area contributed by atoms with E-state index in [1.165, 1.54) is 99.3 Å². The Balaban J connectivity index is 1.18. The van der Waals surface area contributed by atoms with Gasteiger partial charge in [-0.15, -0.1) is 0 Å². The number of hydrogen-bond donors (Lipinski definition) is 0. The van der Waals surface area contributed by atoms with Crippen LogP contribution in [0.3, 0.4) is 0 Å². The van der Waals surface area contributed by atoms with Gasteiger partial charge < -0.3 is 18.4 Å². The summed E-state index contributed by atoms with van der Waals surface area (Å²) in [4.78, 5) is 2.55. The number of fused-ring (bicyclic) bond motifs is 12. The van der Waals surface area contributed by atoms with Crippen molar-refractivity contribution in [3.8, 4) is 27.9 Å². The fourth-order valence-corrected chi connectivity index (χ4v) is 11.9. The lowest BCUT2D eigenvalue weighted by Gasteiger charge is -2.40. The van der Waals surface area contributed by atoms with Crippen LogP contribution in [-0.4, -0.2) is 15.9 Å². The van der Waals surface area contributed by atoms with Gasteiger partial charge in [-0.05, 0) is 139 Å². The van der Waals surface area contributed by atoms with Crippen LogP contribution < -0.4 is 16.0 Å². The number of aromatic nitrogens is 2. The number of furan rings is 1. The molecule has 0 fully saturated rings. The van der Waals surface area contributed by atoms with Crippen LogP contribution in [0, 0.1) is 0 Å². The van der Waals surface area contributed by atoms with E-state index in [1.807, 2.05) is 0 Å². The maximum atomic E-state index is 7.52. The zero-order chi connectivity index (χ0) is 49.3. The molecule has 0 unspecified atom stereocenters. The Morgan fingerprint density at radius 2 is 0.986 bits per heavy atom. The van der Waals surface area contributed by atoms with Crippen LogP contribution in [0.15, 0.2) is 162 Å². The van der Waals surface area contributed by atoms with Gasteiger partial charge in [0.15, 0.2) is 0 Å². The summed E-state index contributed by atoms with van der Waals surface area (Å²) in [5, 5.41) is 6.13. The van der Waals surface area contributed by atoms with Gasteiger partial charge in [-0.3, -0.25) is 0 Å². The Labute approximate surface area is 418 Å². The van der Waals surface area contributed by atoms with Gasteiger partial charge >= 0.3 is 6.85 Å². The van der Waals surface area contributed by atoms with Gasteiger partial charge in [-0.1, -0.05) is 168 Å². The molecule has 0 spiro atoms. The minimum Gasteiger partial charge on any atom is -0.466 e. The Hall–Kier alpha value is -7.24. The van der Waals surface area contributed by atoms with E-state index in [9.17, 15) is 0 Å². The van der Waals surface area contributed by atoms with Gasteiger partial charge in [0, 0.05) is 60.6 Å². The molecule has 0 saturated heterocycles. The first-order valence-electron chi connectivity index (χ1n) is 25.6. The normalized spacial score (nSPS) is 13.9. The van der Waals surface area contributed by atoms with E-state index >= 15 is 0 Å². The first-order chi connectivity index (χ1) is 33.7. The smallest absolute Gasteiger partial charge is 0.375 e. The van der Waals surface area contributed by atoms with Gasteiger partial charge in [-0.2, -0.15) is 0 Å². The number of rotatable bonds is 3. The highest BCUT2D eigenvalue weighted by molar-refractivity contribution is 6.89. The second kappa shape index (κ2) is 14.7. The minimum absolute atomic E-state index is 0.00984. The van der Waals surface area contributed by atoms with E-state index in [0.717, 1.165) is 33.7 Å². The van der Waals surface area contributed by atoms with Crippen LogP contribution >= 0.6 is 0 Å². The summed E-state index contributed by atoms with van der Waals surface area (Å²) in [6.07, 6.45) is 0. The van der Waals surface area contributed by atoms with Crippen molar-refractivity contribution in [3.05, 3.63) is 180 Å². The minimum atomic E-state index is -0.246. The molecule has 4 nitrogen and oxygen atoms in total. The van der Waals surface area contributed by atoms with Gasteiger partial charge in [0.05, 0.1) is 16.7 Å². The van der Waals surface area contributed by atoms with Crippen LogP contribution in [0.25, 0.3) is 82.5 Å². The zero-order valence-corrected chi connectivity index (χ0v) is 43.3. The standard InChI is InChI=1S/C66H62BN3O/c1-63(2,3)41-25-22-39(23-26-41)40-24-31-58-53(32-40)61-62(71-58)67-59-50(33-44(66(10,11)12)36-57(59)69(61)46-29-27-42(28-30-46)64(4,5)6)52-35-43(65(7,8)9)34-51-49-37-55-48(38-56(49)70(67)60(51)52)47-20-16-17-21-54(47)68(55)45-18-14-13-15-19-45/h13-38H,1-12H3. The van der Waals surface area contributed by atoms with E-state index in [2.05, 4.69) is 255 Å². The Bertz CT molecular complexity index is 4000. The molecule has 0 radical (unpaired) electrons. The molecule has 3 aromatic heterocycles. The maximum absolute atomic E-state index is 7.52. The van der Waals surface area contributed by atoms with Crippen molar-refractivity contribution in [2.75, 3.05) is 4.90 Å². The summed E-state index contributed by atoms with van der Waals surface area (Å²) >= 11 is 0. The Morgan fingerprint density at radius 1 is 0.408 bits per heavy atom. The van der Waals surface area contributed by atoms with Crippen molar-refractivity contribution in [3.63, 3.8) is 0 Å². The molecule has 5 heterocycles. The van der Waals surface area contributed by atoms with Crippen LogP contribution in [-0.2, 0) is 21.7 Å². The van der Waals surface area contributed by atoms with Crippen LogP contribution in [0.4, 0.5) is 17.1 Å². The topological polar surface area (TPSA) is 26.2 Å². The summed E-state index contributed by atoms with van der Waals surface area (Å²) in [5.74, 6) is 0. The Morgan fingerprint density at radius 3 is 1.66 bits per heavy atom. The van der Waals surface area contributed by atoms with E-state index in [4.69, 9.17) is 4.42 Å². The summed E-state index contributed by atoms with van der Waals surface area (Å²) in [6, 6.07) is 60.2. The average Bonchev–Trinajstić information content (AvgIpc) is 3.98. The number of hydrogen-bond acceptors (Lipinski definition) is 2. The fraction of sp³-hybridized carbons (Fsp3) is 0.242. The van der Waals surface area contributed by atoms with Gasteiger partial charge in [-0.25, -0.2) is 0 Å². The molecule has 0 bridgehead atoms. The lowest BCUT2D eigenvalue weighted by Crippen LogP contribution is -2.56. The molecule has 350 valence electrons. The quantitative estimate of drug-likeness (QED) is 0.165. The summed E-state index contributed by atoms with van der Waals surface area (Å²) in [7, 11) is 0. The van der Waals surface area contributed by atoms with Crippen LogP contribution in [0.5, 0.6) is 0 Å². The van der Waals surface area contributed by atoms with Crippen molar-refractivity contribution in [2.24, 2.45) is 0 Å². The van der Waals surface area contributed by atoms with Crippen LogP contribution in [0.1, 0.15) is 105 Å². The number of anilines is 3. The molecule has 0 atom stereocenters. The molecule has 0 amide bonds. The van der Waals surface area contributed by atoms with E-state index in [-0.39, 0.29) is 28.5 Å². The molecular formula is C66H62BN3O. The highest BCUT2D eigenvalue weighted by Crippen LogP contribution is 2.51. The third-order valence-corrected chi connectivity index (χ3v) is 15.9. The predicted molar refractivity (Wildman–Crippen MR) is 304 cm³/mol. The largest absolute Gasteiger partial charge is 0.466 e. The average molecular weight is 924 g/mol. The van der Waals surface area contributed by atoms with Gasteiger partial charge in [0.2, 0.25) is 0 Å². The SMILES string of the molecule is CC(C)(C)c1ccc(-c2ccc3oc4c(c3c2)N(c2ccc(C(C)(C)C)cc2)c2cc(C(C)(C)C)cc3c2B4n2c4cc5c6ccccc6n(-c6ccccc6)c5cc4c4cc(C(C)(C)C)cc-3c42)cc1. The van der Waals surface area contributed by atoms with Gasteiger partial charge in [0.25, 0.3) is 0 Å². The van der Waals surface area contributed by atoms with Crippen molar-refractivity contribution in [1.29, 1.82) is 0 Å². The van der Waals surface area contributed by atoms with Crippen molar-refractivity contribution < 1.29 is 4.42 Å². The molecule has 11 aromatic rings. The maximum Gasteiger partial charge on any atom is 0.375 e. The van der Waals surface area contributed by atoms with Crippen molar-refractivity contribution in [1.82, 2.24) is 9.05 Å². The molecule has 2 aliphatic heterocycles. The summed E-state index contributed by atoms with van der Waals surface area (Å²) < 4.78 is 12.7. The second-order valence-corrected chi connectivity index (χ2v) is 24.7. The lowest BCUT2D eigenvalue weighted by atomic mass is 9.47. The fourth-order valence-electron chi connectivity index (χ4n) is 11.9. The first kappa shape index (κ1) is 43.8. The molecule has 0 N–H and O–H groups in total. The zero-order valence-electron chi connectivity index (χ0n) is 43.3. The third kappa shape index (κ3) is 6.50. The number of nitrogens with zero attached hydrogens (tertiary/aromatic N) is 3. The predicted octanol–water partition coefficient (Wildman–Crippen LogP) is 16.9. The lowest BCUT2D eigenvalue weighted by molar-refractivity contribution is 0.589. The van der Waals surface area contributed by atoms with E-state index in [1.54, 1.807) is 0 Å². The molecule has 71 heavy (non-hydrogen) atoms. The molecule has 2 aliphatic rings.